The second-order valence-corrected chi connectivity index (χ2v) is 7.08. The predicted octanol–water partition coefficient (Wildman–Crippen LogP) is 3.83. The van der Waals surface area contributed by atoms with Gasteiger partial charge in [-0.3, -0.25) is 9.59 Å². The number of benzene rings is 2. The fraction of sp³-hybridized carbons (Fsp3) is 0.364. The average molecular weight is 403 g/mol. The maximum Gasteiger partial charge on any atom is 0.242 e. The van der Waals surface area contributed by atoms with Crippen molar-refractivity contribution >= 4 is 23.4 Å². The van der Waals surface area contributed by atoms with Crippen molar-refractivity contribution < 1.29 is 14.3 Å². The zero-order chi connectivity index (χ0) is 20.5. The standard InChI is InChI=1S/C22H27ClN2O3/c1-4-13-24-22(27)16(2)25(15-18-7-11-20(28-3)12-8-18)21(26)14-17-5-9-19(23)10-6-17/h5-12,16H,4,13-15H2,1-3H3,(H,24,27). The van der Waals surface area contributed by atoms with E-state index < -0.39 is 6.04 Å². The zero-order valence-corrected chi connectivity index (χ0v) is 17.3. The number of amides is 2. The predicted molar refractivity (Wildman–Crippen MR) is 111 cm³/mol. The summed E-state index contributed by atoms with van der Waals surface area (Å²) in [5.41, 5.74) is 1.79. The van der Waals surface area contributed by atoms with E-state index in [0.29, 0.717) is 18.1 Å². The van der Waals surface area contributed by atoms with Crippen LogP contribution in [0.4, 0.5) is 0 Å². The normalized spacial score (nSPS) is 11.6. The number of hydrogen-bond donors (Lipinski definition) is 1. The van der Waals surface area contributed by atoms with E-state index >= 15 is 0 Å². The van der Waals surface area contributed by atoms with Crippen LogP contribution in [-0.4, -0.2) is 36.4 Å². The average Bonchev–Trinajstić information content (AvgIpc) is 2.71. The first kappa shape index (κ1) is 21.8. The molecule has 0 saturated carbocycles. The molecule has 1 atom stereocenters. The van der Waals surface area contributed by atoms with Crippen molar-refractivity contribution in [3.05, 3.63) is 64.7 Å². The number of nitrogens with one attached hydrogen (secondary N) is 1. The quantitative estimate of drug-likeness (QED) is 0.693. The van der Waals surface area contributed by atoms with Gasteiger partial charge in [0.15, 0.2) is 0 Å². The highest BCUT2D eigenvalue weighted by Gasteiger charge is 2.26. The minimum atomic E-state index is -0.576. The second-order valence-electron chi connectivity index (χ2n) is 6.64. The van der Waals surface area contributed by atoms with E-state index in [1.165, 1.54) is 0 Å². The Balaban J connectivity index is 2.18. The molecule has 2 rings (SSSR count). The van der Waals surface area contributed by atoms with E-state index in [2.05, 4.69) is 5.32 Å². The Morgan fingerprint density at radius 1 is 1.07 bits per heavy atom. The van der Waals surface area contributed by atoms with Crippen molar-refractivity contribution in [2.75, 3.05) is 13.7 Å². The van der Waals surface area contributed by atoms with Gasteiger partial charge in [0, 0.05) is 18.1 Å². The summed E-state index contributed by atoms with van der Waals surface area (Å²) in [6.07, 6.45) is 1.05. The maximum atomic E-state index is 13.0. The largest absolute Gasteiger partial charge is 0.497 e. The van der Waals surface area contributed by atoms with Crippen LogP contribution < -0.4 is 10.1 Å². The number of carbonyl (C=O) groups is 2. The van der Waals surface area contributed by atoms with Gasteiger partial charge in [0.05, 0.1) is 13.5 Å². The van der Waals surface area contributed by atoms with Crippen LogP contribution in [0.3, 0.4) is 0 Å². The Morgan fingerprint density at radius 3 is 2.25 bits per heavy atom. The van der Waals surface area contributed by atoms with Crippen molar-refractivity contribution in [1.82, 2.24) is 10.2 Å². The Hall–Kier alpha value is -2.53. The molecule has 28 heavy (non-hydrogen) atoms. The van der Waals surface area contributed by atoms with Gasteiger partial charge in [-0.2, -0.15) is 0 Å². The van der Waals surface area contributed by atoms with Gasteiger partial charge in [0.2, 0.25) is 11.8 Å². The van der Waals surface area contributed by atoms with E-state index in [0.717, 1.165) is 23.3 Å². The topological polar surface area (TPSA) is 58.6 Å². The SMILES string of the molecule is CCCNC(=O)C(C)N(Cc1ccc(OC)cc1)C(=O)Cc1ccc(Cl)cc1. The molecule has 150 valence electrons. The van der Waals surface area contributed by atoms with Gasteiger partial charge < -0.3 is 15.0 Å². The minimum absolute atomic E-state index is 0.114. The van der Waals surface area contributed by atoms with Gasteiger partial charge in [0.25, 0.3) is 0 Å². The van der Waals surface area contributed by atoms with Crippen molar-refractivity contribution in [1.29, 1.82) is 0 Å². The van der Waals surface area contributed by atoms with E-state index in [1.807, 2.05) is 43.3 Å². The fourth-order valence-electron chi connectivity index (χ4n) is 2.78. The molecule has 0 radical (unpaired) electrons. The van der Waals surface area contributed by atoms with Gasteiger partial charge in [-0.25, -0.2) is 0 Å². The summed E-state index contributed by atoms with van der Waals surface area (Å²) in [7, 11) is 1.61. The molecule has 0 aliphatic heterocycles. The molecule has 0 heterocycles. The van der Waals surface area contributed by atoms with Gasteiger partial charge in [0.1, 0.15) is 11.8 Å². The lowest BCUT2D eigenvalue weighted by molar-refractivity contribution is -0.140. The molecular formula is C22H27ClN2O3. The van der Waals surface area contributed by atoms with E-state index in [4.69, 9.17) is 16.3 Å². The minimum Gasteiger partial charge on any atom is -0.497 e. The highest BCUT2D eigenvalue weighted by molar-refractivity contribution is 6.30. The lowest BCUT2D eigenvalue weighted by atomic mass is 10.1. The van der Waals surface area contributed by atoms with Crippen LogP contribution in [0, 0.1) is 0 Å². The highest BCUT2D eigenvalue weighted by Crippen LogP contribution is 2.17. The third-order valence-electron chi connectivity index (χ3n) is 4.50. The van der Waals surface area contributed by atoms with Crippen molar-refractivity contribution in [3.8, 4) is 5.75 Å². The number of rotatable bonds is 9. The molecule has 0 aliphatic carbocycles. The molecule has 2 aromatic carbocycles. The molecule has 6 heteroatoms. The van der Waals surface area contributed by atoms with Crippen molar-refractivity contribution in [2.45, 2.75) is 39.3 Å². The molecule has 0 aliphatic rings. The first-order valence-corrected chi connectivity index (χ1v) is 9.77. The van der Waals surface area contributed by atoms with Crippen molar-refractivity contribution in [2.24, 2.45) is 0 Å². The molecular weight excluding hydrogens is 376 g/mol. The number of ether oxygens (including phenoxy) is 1. The van der Waals surface area contributed by atoms with Crippen LogP contribution >= 0.6 is 11.6 Å². The summed E-state index contributed by atoms with van der Waals surface area (Å²) in [4.78, 5) is 27.1. The van der Waals surface area contributed by atoms with Crippen LogP contribution in [0.1, 0.15) is 31.4 Å². The summed E-state index contributed by atoms with van der Waals surface area (Å²) in [6.45, 7) is 4.68. The van der Waals surface area contributed by atoms with Gasteiger partial charge >= 0.3 is 0 Å². The smallest absolute Gasteiger partial charge is 0.242 e. The molecule has 0 saturated heterocycles. The first-order chi connectivity index (χ1) is 13.4. The molecule has 0 fully saturated rings. The summed E-state index contributed by atoms with van der Waals surface area (Å²) in [5.74, 6) is 0.480. The van der Waals surface area contributed by atoms with Gasteiger partial charge in [-0.05, 0) is 48.7 Å². The molecule has 0 spiro atoms. The van der Waals surface area contributed by atoms with E-state index in [9.17, 15) is 9.59 Å². The molecule has 1 N–H and O–H groups in total. The molecule has 1 unspecified atom stereocenters. The summed E-state index contributed by atoms with van der Waals surface area (Å²) in [5, 5.41) is 3.50. The van der Waals surface area contributed by atoms with Crippen LogP contribution in [-0.2, 0) is 22.6 Å². The van der Waals surface area contributed by atoms with E-state index in [-0.39, 0.29) is 18.2 Å². The monoisotopic (exact) mass is 402 g/mol. The Kier molecular flexibility index (Phi) is 8.33. The number of hydrogen-bond acceptors (Lipinski definition) is 3. The van der Waals surface area contributed by atoms with Crippen LogP contribution in [0.15, 0.2) is 48.5 Å². The number of methoxy groups -OCH3 is 1. The third kappa shape index (κ3) is 6.27. The first-order valence-electron chi connectivity index (χ1n) is 9.39. The Morgan fingerprint density at radius 2 is 1.68 bits per heavy atom. The van der Waals surface area contributed by atoms with Crippen LogP contribution in [0.25, 0.3) is 0 Å². The highest BCUT2D eigenvalue weighted by atomic mass is 35.5. The summed E-state index contributed by atoms with van der Waals surface area (Å²) < 4.78 is 5.18. The maximum absolute atomic E-state index is 13.0. The molecule has 2 amide bonds. The number of carbonyl (C=O) groups excluding carboxylic acids is 2. The Labute approximate surface area is 171 Å². The number of nitrogens with zero attached hydrogens (tertiary/aromatic N) is 1. The zero-order valence-electron chi connectivity index (χ0n) is 16.6. The molecule has 0 bridgehead atoms. The molecule has 2 aromatic rings. The van der Waals surface area contributed by atoms with Gasteiger partial charge in [-0.1, -0.05) is 42.8 Å². The molecule has 5 nitrogen and oxygen atoms in total. The summed E-state index contributed by atoms with van der Waals surface area (Å²) in [6, 6.07) is 14.1. The lowest BCUT2D eigenvalue weighted by Crippen LogP contribution is -2.48. The lowest BCUT2D eigenvalue weighted by Gasteiger charge is -2.29. The fourth-order valence-corrected chi connectivity index (χ4v) is 2.91. The summed E-state index contributed by atoms with van der Waals surface area (Å²) >= 11 is 5.92. The van der Waals surface area contributed by atoms with Crippen LogP contribution in [0.5, 0.6) is 5.75 Å². The second kappa shape index (κ2) is 10.7. The molecule has 0 aromatic heterocycles. The number of halogens is 1. The van der Waals surface area contributed by atoms with Gasteiger partial charge in [-0.15, -0.1) is 0 Å². The van der Waals surface area contributed by atoms with E-state index in [1.54, 1.807) is 31.1 Å². The Bertz CT molecular complexity index is 775. The third-order valence-corrected chi connectivity index (χ3v) is 4.75. The van der Waals surface area contributed by atoms with Crippen LogP contribution in [0.2, 0.25) is 5.02 Å². The van der Waals surface area contributed by atoms with Crippen molar-refractivity contribution in [3.63, 3.8) is 0 Å².